The first-order valence-electron chi connectivity index (χ1n) is 9.05. The lowest BCUT2D eigenvalue weighted by Crippen LogP contribution is -2.14. The van der Waals surface area contributed by atoms with Gasteiger partial charge < -0.3 is 16.0 Å². The number of hydrogen-bond donors (Lipinski definition) is 3. The number of anilines is 4. The summed E-state index contributed by atoms with van der Waals surface area (Å²) in [6.45, 7) is 3.51. The number of para-hydroxylation sites is 1. The van der Waals surface area contributed by atoms with E-state index >= 15 is 0 Å². The van der Waals surface area contributed by atoms with E-state index < -0.39 is 0 Å². The Balaban J connectivity index is 1.68. The molecule has 0 aliphatic carbocycles. The molecule has 3 N–H and O–H groups in total. The first-order chi connectivity index (χ1) is 13.5. The normalized spacial score (nSPS) is 10.2. The van der Waals surface area contributed by atoms with E-state index in [9.17, 15) is 9.59 Å². The molecule has 3 rings (SSSR count). The second-order valence-corrected chi connectivity index (χ2v) is 6.28. The second kappa shape index (κ2) is 8.81. The largest absolute Gasteiger partial charge is 0.354 e. The molecule has 0 bridgehead atoms. The fourth-order valence-corrected chi connectivity index (χ4v) is 2.78. The SMILES string of the molecule is CCc1ccccc1NC(=O)c1ccc(Nc2cccc(NC(C)=O)c2)cn1. The summed E-state index contributed by atoms with van der Waals surface area (Å²) in [5.41, 5.74) is 4.47. The molecule has 1 aromatic heterocycles. The van der Waals surface area contributed by atoms with Crippen molar-refractivity contribution < 1.29 is 9.59 Å². The number of rotatable bonds is 6. The molecule has 142 valence electrons. The standard InChI is InChI=1S/C22H22N4O2/c1-3-16-7-4-5-10-20(16)26-22(28)21-12-11-19(14-23-21)25-18-9-6-8-17(13-18)24-15(2)27/h4-14,25H,3H2,1-2H3,(H,24,27)(H,26,28). The average molecular weight is 374 g/mol. The lowest BCUT2D eigenvalue weighted by molar-refractivity contribution is -0.114. The molecular formula is C22H22N4O2. The molecule has 0 spiro atoms. The highest BCUT2D eigenvalue weighted by Gasteiger charge is 2.10. The highest BCUT2D eigenvalue weighted by atomic mass is 16.2. The van der Waals surface area contributed by atoms with Crippen molar-refractivity contribution in [2.45, 2.75) is 20.3 Å². The van der Waals surface area contributed by atoms with Crippen molar-refractivity contribution in [2.75, 3.05) is 16.0 Å². The highest BCUT2D eigenvalue weighted by Crippen LogP contribution is 2.20. The molecule has 28 heavy (non-hydrogen) atoms. The molecule has 0 fully saturated rings. The first kappa shape index (κ1) is 19.1. The molecule has 3 aromatic rings. The van der Waals surface area contributed by atoms with E-state index in [0.717, 1.165) is 29.0 Å². The summed E-state index contributed by atoms with van der Waals surface area (Å²) in [7, 11) is 0. The smallest absolute Gasteiger partial charge is 0.274 e. The van der Waals surface area contributed by atoms with Gasteiger partial charge >= 0.3 is 0 Å². The van der Waals surface area contributed by atoms with Crippen LogP contribution in [0.15, 0.2) is 66.9 Å². The van der Waals surface area contributed by atoms with E-state index in [2.05, 4.69) is 20.9 Å². The monoisotopic (exact) mass is 374 g/mol. The maximum Gasteiger partial charge on any atom is 0.274 e. The number of nitrogens with zero attached hydrogens (tertiary/aromatic N) is 1. The molecule has 2 amide bonds. The number of pyridine rings is 1. The Morgan fingerprint density at radius 3 is 2.39 bits per heavy atom. The topological polar surface area (TPSA) is 83.1 Å². The summed E-state index contributed by atoms with van der Waals surface area (Å²) in [6.07, 6.45) is 2.44. The summed E-state index contributed by atoms with van der Waals surface area (Å²) in [6, 6.07) is 18.5. The van der Waals surface area contributed by atoms with E-state index in [-0.39, 0.29) is 11.8 Å². The molecule has 6 heteroatoms. The molecular weight excluding hydrogens is 352 g/mol. The Hall–Kier alpha value is -3.67. The fourth-order valence-electron chi connectivity index (χ4n) is 2.78. The van der Waals surface area contributed by atoms with E-state index in [1.54, 1.807) is 18.3 Å². The predicted octanol–water partition coefficient (Wildman–Crippen LogP) is 4.60. The molecule has 0 saturated heterocycles. The lowest BCUT2D eigenvalue weighted by atomic mass is 10.1. The van der Waals surface area contributed by atoms with Crippen LogP contribution in [0.25, 0.3) is 0 Å². The molecule has 0 aliphatic heterocycles. The van der Waals surface area contributed by atoms with Gasteiger partial charge in [0.25, 0.3) is 5.91 Å². The zero-order valence-corrected chi connectivity index (χ0v) is 15.8. The van der Waals surface area contributed by atoms with Crippen LogP contribution in [0, 0.1) is 0 Å². The summed E-state index contributed by atoms with van der Waals surface area (Å²) >= 11 is 0. The van der Waals surface area contributed by atoms with Crippen LogP contribution >= 0.6 is 0 Å². The van der Waals surface area contributed by atoms with Gasteiger partial charge in [0, 0.05) is 24.0 Å². The van der Waals surface area contributed by atoms with E-state index in [4.69, 9.17) is 0 Å². The van der Waals surface area contributed by atoms with Crippen LogP contribution in [0.2, 0.25) is 0 Å². The van der Waals surface area contributed by atoms with Gasteiger partial charge in [0.1, 0.15) is 5.69 Å². The van der Waals surface area contributed by atoms with Gasteiger partial charge in [-0.15, -0.1) is 0 Å². The maximum absolute atomic E-state index is 12.5. The molecule has 0 saturated carbocycles. The van der Waals surface area contributed by atoms with Gasteiger partial charge in [0.05, 0.1) is 11.9 Å². The number of carbonyl (C=O) groups excluding carboxylic acids is 2. The number of hydrogen-bond acceptors (Lipinski definition) is 4. The van der Waals surface area contributed by atoms with Gasteiger partial charge in [-0.3, -0.25) is 9.59 Å². The summed E-state index contributed by atoms with van der Waals surface area (Å²) < 4.78 is 0. The van der Waals surface area contributed by atoms with Crippen LogP contribution in [-0.2, 0) is 11.2 Å². The predicted molar refractivity (Wildman–Crippen MR) is 112 cm³/mol. The van der Waals surface area contributed by atoms with Crippen LogP contribution in [0.3, 0.4) is 0 Å². The Morgan fingerprint density at radius 1 is 0.893 bits per heavy atom. The minimum Gasteiger partial charge on any atom is -0.354 e. The van der Waals surface area contributed by atoms with E-state index in [1.165, 1.54) is 6.92 Å². The van der Waals surface area contributed by atoms with Crippen molar-refractivity contribution in [1.29, 1.82) is 0 Å². The summed E-state index contributed by atoms with van der Waals surface area (Å²) in [5, 5.41) is 8.86. The highest BCUT2D eigenvalue weighted by molar-refractivity contribution is 6.03. The third-order valence-corrected chi connectivity index (χ3v) is 4.11. The van der Waals surface area contributed by atoms with Crippen LogP contribution in [0.5, 0.6) is 0 Å². The third kappa shape index (κ3) is 4.94. The number of carbonyl (C=O) groups is 2. The Bertz CT molecular complexity index is 984. The Labute approximate surface area is 164 Å². The van der Waals surface area contributed by atoms with Crippen LogP contribution < -0.4 is 16.0 Å². The zero-order chi connectivity index (χ0) is 19.9. The Morgan fingerprint density at radius 2 is 1.68 bits per heavy atom. The first-order valence-corrected chi connectivity index (χ1v) is 9.05. The van der Waals surface area contributed by atoms with E-state index in [1.807, 2.05) is 55.5 Å². The van der Waals surface area contributed by atoms with Crippen molar-refractivity contribution in [2.24, 2.45) is 0 Å². The summed E-state index contributed by atoms with van der Waals surface area (Å²) in [5.74, 6) is -0.376. The van der Waals surface area contributed by atoms with Crippen molar-refractivity contribution >= 4 is 34.6 Å². The molecule has 2 aromatic carbocycles. The zero-order valence-electron chi connectivity index (χ0n) is 15.8. The van der Waals surface area contributed by atoms with Crippen LogP contribution in [0.4, 0.5) is 22.7 Å². The number of aromatic nitrogens is 1. The quantitative estimate of drug-likeness (QED) is 0.589. The average Bonchev–Trinajstić information content (AvgIpc) is 2.68. The van der Waals surface area contributed by atoms with Gasteiger partial charge in [-0.05, 0) is 48.4 Å². The van der Waals surface area contributed by atoms with Crippen molar-refractivity contribution in [3.63, 3.8) is 0 Å². The summed E-state index contributed by atoms with van der Waals surface area (Å²) in [4.78, 5) is 27.9. The number of nitrogens with one attached hydrogen (secondary N) is 3. The van der Waals surface area contributed by atoms with Crippen molar-refractivity contribution in [3.05, 3.63) is 78.1 Å². The minimum absolute atomic E-state index is 0.126. The molecule has 0 radical (unpaired) electrons. The van der Waals surface area contributed by atoms with Crippen molar-refractivity contribution in [3.8, 4) is 0 Å². The number of amides is 2. The van der Waals surface area contributed by atoms with Crippen LogP contribution in [-0.4, -0.2) is 16.8 Å². The van der Waals surface area contributed by atoms with Gasteiger partial charge in [0.15, 0.2) is 0 Å². The minimum atomic E-state index is -0.250. The molecule has 0 atom stereocenters. The number of benzene rings is 2. The van der Waals surface area contributed by atoms with Gasteiger partial charge in [0.2, 0.25) is 5.91 Å². The molecule has 0 aliphatic rings. The molecule has 6 nitrogen and oxygen atoms in total. The lowest BCUT2D eigenvalue weighted by Gasteiger charge is -2.11. The van der Waals surface area contributed by atoms with Gasteiger partial charge in [-0.25, -0.2) is 4.98 Å². The van der Waals surface area contributed by atoms with Gasteiger partial charge in [-0.1, -0.05) is 31.2 Å². The molecule has 0 unspecified atom stereocenters. The maximum atomic E-state index is 12.5. The van der Waals surface area contributed by atoms with Crippen molar-refractivity contribution in [1.82, 2.24) is 4.98 Å². The number of aryl methyl sites for hydroxylation is 1. The third-order valence-electron chi connectivity index (χ3n) is 4.11. The molecule has 1 heterocycles. The Kier molecular flexibility index (Phi) is 6.01. The second-order valence-electron chi connectivity index (χ2n) is 6.28. The van der Waals surface area contributed by atoms with E-state index in [0.29, 0.717) is 11.4 Å². The van der Waals surface area contributed by atoms with Crippen LogP contribution in [0.1, 0.15) is 29.9 Å². The fraction of sp³-hybridized carbons (Fsp3) is 0.136. The van der Waals surface area contributed by atoms with Gasteiger partial charge in [-0.2, -0.15) is 0 Å².